The lowest BCUT2D eigenvalue weighted by Gasteiger charge is -2.06. The Morgan fingerprint density at radius 1 is 1.08 bits per heavy atom. The van der Waals surface area contributed by atoms with Gasteiger partial charge < -0.3 is 14.8 Å². The van der Waals surface area contributed by atoms with Gasteiger partial charge in [0, 0.05) is 0 Å². The molecule has 9 heteroatoms. The highest BCUT2D eigenvalue weighted by Gasteiger charge is 2.16. The summed E-state index contributed by atoms with van der Waals surface area (Å²) in [6.07, 6.45) is 1.37. The van der Waals surface area contributed by atoms with Crippen LogP contribution in [0.2, 0.25) is 10.0 Å². The van der Waals surface area contributed by atoms with E-state index in [1.54, 1.807) is 30.3 Å². The van der Waals surface area contributed by atoms with Crippen molar-refractivity contribution in [3.63, 3.8) is 0 Å². The van der Waals surface area contributed by atoms with E-state index in [0.29, 0.717) is 17.1 Å². The highest BCUT2D eigenvalue weighted by Crippen LogP contribution is 2.32. The van der Waals surface area contributed by atoms with Gasteiger partial charge in [-0.05, 0) is 35.9 Å². The maximum absolute atomic E-state index is 11.8. The van der Waals surface area contributed by atoms with Gasteiger partial charge in [-0.3, -0.25) is 9.59 Å². The highest BCUT2D eigenvalue weighted by molar-refractivity contribution is 6.45. The molecule has 2 amide bonds. The summed E-state index contributed by atoms with van der Waals surface area (Å²) in [5.41, 5.74) is 3.02. The fourth-order valence-corrected chi connectivity index (χ4v) is 2.34. The summed E-state index contributed by atoms with van der Waals surface area (Å²) in [6, 6.07) is 9.84. The molecule has 0 spiro atoms. The van der Waals surface area contributed by atoms with Crippen LogP contribution in [0.1, 0.15) is 5.56 Å². The van der Waals surface area contributed by atoms with Gasteiger partial charge in [-0.25, -0.2) is 5.43 Å². The van der Waals surface area contributed by atoms with Crippen LogP contribution >= 0.6 is 23.2 Å². The smallest absolute Gasteiger partial charge is 0.329 e. The maximum Gasteiger partial charge on any atom is 0.329 e. The summed E-state index contributed by atoms with van der Waals surface area (Å²) in [6.45, 7) is 0.166. The van der Waals surface area contributed by atoms with Gasteiger partial charge >= 0.3 is 11.8 Å². The Balaban J connectivity index is 1.58. The number of carbonyl (C=O) groups is 2. The first-order valence-corrected chi connectivity index (χ1v) is 7.78. The molecule has 25 heavy (non-hydrogen) atoms. The molecule has 1 heterocycles. The van der Waals surface area contributed by atoms with Gasteiger partial charge in [-0.15, -0.1) is 0 Å². The van der Waals surface area contributed by atoms with Crippen LogP contribution in [0.25, 0.3) is 0 Å². The van der Waals surface area contributed by atoms with Gasteiger partial charge in [0.1, 0.15) is 0 Å². The largest absolute Gasteiger partial charge is 0.454 e. The molecule has 1 aliphatic rings. The van der Waals surface area contributed by atoms with Gasteiger partial charge in [0.2, 0.25) is 6.79 Å². The van der Waals surface area contributed by atoms with E-state index in [1.165, 1.54) is 12.3 Å². The Morgan fingerprint density at radius 3 is 2.72 bits per heavy atom. The molecule has 7 nitrogen and oxygen atoms in total. The average molecular weight is 380 g/mol. The van der Waals surface area contributed by atoms with Crippen LogP contribution in [-0.2, 0) is 9.59 Å². The van der Waals surface area contributed by atoms with Crippen molar-refractivity contribution in [1.82, 2.24) is 5.43 Å². The number of fused-ring (bicyclic) bond motifs is 1. The van der Waals surface area contributed by atoms with Crippen molar-refractivity contribution in [1.29, 1.82) is 0 Å². The van der Waals surface area contributed by atoms with Crippen LogP contribution in [0, 0.1) is 0 Å². The number of ether oxygens (including phenoxy) is 2. The fraction of sp³-hybridized carbons (Fsp3) is 0.0625. The van der Waals surface area contributed by atoms with Gasteiger partial charge in [0.25, 0.3) is 0 Å². The lowest BCUT2D eigenvalue weighted by molar-refractivity contribution is -0.136. The Hall–Kier alpha value is -2.77. The van der Waals surface area contributed by atoms with Crippen molar-refractivity contribution in [2.45, 2.75) is 0 Å². The summed E-state index contributed by atoms with van der Waals surface area (Å²) >= 11 is 11.8. The number of amides is 2. The SMILES string of the molecule is O=C(N/N=C\c1ccc2c(c1)OCO2)C(=O)Nc1cccc(Cl)c1Cl. The zero-order valence-corrected chi connectivity index (χ0v) is 14.1. The molecular formula is C16H11Cl2N3O4. The second-order valence-electron chi connectivity index (χ2n) is 4.87. The van der Waals surface area contributed by atoms with E-state index in [1.807, 2.05) is 0 Å². The Morgan fingerprint density at radius 2 is 1.88 bits per heavy atom. The average Bonchev–Trinajstić information content (AvgIpc) is 3.06. The van der Waals surface area contributed by atoms with Crippen LogP contribution in [0.3, 0.4) is 0 Å². The van der Waals surface area contributed by atoms with Crippen LogP contribution in [0.5, 0.6) is 11.5 Å². The molecule has 0 saturated carbocycles. The number of halogens is 2. The molecule has 0 radical (unpaired) electrons. The first-order chi connectivity index (χ1) is 12.0. The van der Waals surface area contributed by atoms with Crippen molar-refractivity contribution in [2.75, 3.05) is 12.1 Å². The second-order valence-corrected chi connectivity index (χ2v) is 5.65. The lowest BCUT2D eigenvalue weighted by atomic mass is 10.2. The molecule has 0 atom stereocenters. The summed E-state index contributed by atoms with van der Waals surface area (Å²) < 4.78 is 10.4. The molecule has 0 saturated heterocycles. The fourth-order valence-electron chi connectivity index (χ4n) is 1.99. The van der Waals surface area contributed by atoms with E-state index in [9.17, 15) is 9.59 Å². The maximum atomic E-state index is 11.8. The van der Waals surface area contributed by atoms with Crippen molar-refractivity contribution >= 4 is 46.9 Å². The van der Waals surface area contributed by atoms with Crippen molar-refractivity contribution < 1.29 is 19.1 Å². The first-order valence-electron chi connectivity index (χ1n) is 7.02. The molecule has 3 rings (SSSR count). The van der Waals surface area contributed by atoms with Gasteiger partial charge in [0.05, 0.1) is 21.9 Å². The zero-order chi connectivity index (χ0) is 17.8. The summed E-state index contributed by atoms with van der Waals surface area (Å²) in [4.78, 5) is 23.6. The zero-order valence-electron chi connectivity index (χ0n) is 12.6. The normalized spacial score (nSPS) is 12.2. The number of hydrogen-bond acceptors (Lipinski definition) is 5. The number of rotatable bonds is 3. The van der Waals surface area contributed by atoms with Crippen molar-refractivity contribution in [3.8, 4) is 11.5 Å². The lowest BCUT2D eigenvalue weighted by Crippen LogP contribution is -2.32. The van der Waals surface area contributed by atoms with Crippen LogP contribution in [-0.4, -0.2) is 24.8 Å². The van der Waals surface area contributed by atoms with Gasteiger partial charge in [-0.2, -0.15) is 5.10 Å². The minimum absolute atomic E-state index is 0.147. The standard InChI is InChI=1S/C16H11Cl2N3O4/c17-10-2-1-3-11(14(10)18)20-15(22)16(23)21-19-7-9-4-5-12-13(6-9)25-8-24-12/h1-7H,8H2,(H,20,22)(H,21,23)/b19-7-. The molecule has 0 aromatic heterocycles. The van der Waals surface area contributed by atoms with E-state index in [4.69, 9.17) is 32.7 Å². The van der Waals surface area contributed by atoms with Gasteiger partial charge in [-0.1, -0.05) is 29.3 Å². The highest BCUT2D eigenvalue weighted by atomic mass is 35.5. The topological polar surface area (TPSA) is 89.0 Å². The third kappa shape index (κ3) is 4.01. The van der Waals surface area contributed by atoms with E-state index in [2.05, 4.69) is 15.8 Å². The third-order valence-electron chi connectivity index (χ3n) is 3.18. The number of benzene rings is 2. The summed E-state index contributed by atoms with van der Waals surface area (Å²) in [5, 5.41) is 6.50. The molecule has 0 fully saturated rings. The Kier molecular flexibility index (Phi) is 5.06. The number of anilines is 1. The monoisotopic (exact) mass is 379 g/mol. The third-order valence-corrected chi connectivity index (χ3v) is 4.00. The van der Waals surface area contributed by atoms with Crippen LogP contribution in [0.4, 0.5) is 5.69 Å². The molecule has 0 bridgehead atoms. The van der Waals surface area contributed by atoms with E-state index in [0.717, 1.165) is 0 Å². The molecule has 2 N–H and O–H groups in total. The molecule has 2 aromatic rings. The number of hydrazone groups is 1. The van der Waals surface area contributed by atoms with E-state index >= 15 is 0 Å². The number of hydrogen-bond donors (Lipinski definition) is 2. The van der Waals surface area contributed by atoms with Crippen molar-refractivity contribution in [3.05, 3.63) is 52.0 Å². The quantitative estimate of drug-likeness (QED) is 0.487. The predicted octanol–water partition coefficient (Wildman–Crippen LogP) is 2.81. The van der Waals surface area contributed by atoms with Gasteiger partial charge in [0.15, 0.2) is 11.5 Å². The molecule has 0 aliphatic carbocycles. The van der Waals surface area contributed by atoms with E-state index in [-0.39, 0.29) is 22.5 Å². The summed E-state index contributed by atoms with van der Waals surface area (Å²) in [5.74, 6) is -0.650. The molecule has 0 unspecified atom stereocenters. The van der Waals surface area contributed by atoms with E-state index < -0.39 is 11.8 Å². The minimum Gasteiger partial charge on any atom is -0.454 e. The molecule has 1 aliphatic heterocycles. The van der Waals surface area contributed by atoms with Crippen LogP contribution < -0.4 is 20.2 Å². The first kappa shape index (κ1) is 17.1. The second kappa shape index (κ2) is 7.42. The number of carbonyl (C=O) groups excluding carboxylic acids is 2. The predicted molar refractivity (Wildman–Crippen MR) is 93.4 cm³/mol. The molecule has 128 valence electrons. The molecule has 2 aromatic carbocycles. The van der Waals surface area contributed by atoms with Crippen LogP contribution in [0.15, 0.2) is 41.5 Å². The van der Waals surface area contributed by atoms with Crippen molar-refractivity contribution in [2.24, 2.45) is 5.10 Å². The molecular weight excluding hydrogens is 369 g/mol. The number of nitrogens with one attached hydrogen (secondary N) is 2. The Bertz CT molecular complexity index is 870. The number of nitrogens with zero attached hydrogens (tertiary/aromatic N) is 1. The Labute approximate surface area is 152 Å². The summed E-state index contributed by atoms with van der Waals surface area (Å²) in [7, 11) is 0. The minimum atomic E-state index is -0.951.